The highest BCUT2D eigenvalue weighted by Gasteiger charge is 2.20. The van der Waals surface area contributed by atoms with E-state index in [4.69, 9.17) is 0 Å². The van der Waals surface area contributed by atoms with Crippen molar-refractivity contribution in [3.8, 4) is 0 Å². The van der Waals surface area contributed by atoms with E-state index in [1.807, 2.05) is 0 Å². The van der Waals surface area contributed by atoms with Gasteiger partial charge in [0, 0.05) is 0 Å². The normalized spacial score (nSPS) is 12.1. The van der Waals surface area contributed by atoms with Gasteiger partial charge in [0.15, 0.2) is 0 Å². The van der Waals surface area contributed by atoms with Gasteiger partial charge in [0.25, 0.3) is 20.2 Å². The second kappa shape index (κ2) is 8.25. The smallest absolute Gasteiger partial charge is 0.335 e. The molecule has 30 heavy (non-hydrogen) atoms. The number of carbonyl (C=O) groups is 1. The molecule has 0 saturated heterocycles. The van der Waals surface area contributed by atoms with Crippen molar-refractivity contribution in [1.82, 2.24) is 0 Å². The third-order valence-electron chi connectivity index (χ3n) is 4.14. The molecule has 0 unspecified atom stereocenters. The summed E-state index contributed by atoms with van der Waals surface area (Å²) in [5.74, 6) is -1.12. The SMILES string of the molecule is O=C(O)c1cccc(P(c2ccc(S(=O)(=O)O)cc2)c2ccc(S(=O)(=O)O)cc2)c1. The van der Waals surface area contributed by atoms with Gasteiger partial charge in [-0.2, -0.15) is 16.8 Å². The minimum atomic E-state index is -4.38. The van der Waals surface area contributed by atoms with Crippen molar-refractivity contribution < 1.29 is 35.8 Å². The first-order valence-electron chi connectivity index (χ1n) is 8.25. The van der Waals surface area contributed by atoms with Gasteiger partial charge in [-0.05, 0) is 60.2 Å². The van der Waals surface area contributed by atoms with E-state index in [0.717, 1.165) is 0 Å². The average molecular weight is 466 g/mol. The lowest BCUT2D eigenvalue weighted by Crippen LogP contribution is -2.22. The Morgan fingerprint density at radius 1 is 0.667 bits per heavy atom. The van der Waals surface area contributed by atoms with Crippen LogP contribution in [0.3, 0.4) is 0 Å². The van der Waals surface area contributed by atoms with E-state index in [1.54, 1.807) is 12.1 Å². The van der Waals surface area contributed by atoms with E-state index in [-0.39, 0.29) is 15.4 Å². The largest absolute Gasteiger partial charge is 0.478 e. The molecule has 3 aromatic rings. The van der Waals surface area contributed by atoms with Crippen LogP contribution in [0.15, 0.2) is 82.6 Å². The van der Waals surface area contributed by atoms with Gasteiger partial charge in [-0.25, -0.2) is 4.79 Å². The predicted molar refractivity (Wildman–Crippen MR) is 112 cm³/mol. The highest BCUT2D eigenvalue weighted by molar-refractivity contribution is 7.86. The van der Waals surface area contributed by atoms with Crippen molar-refractivity contribution in [2.75, 3.05) is 0 Å². The summed E-state index contributed by atoms with van der Waals surface area (Å²) in [5, 5.41) is 11.2. The zero-order chi connectivity index (χ0) is 22.1. The monoisotopic (exact) mass is 466 g/mol. The lowest BCUT2D eigenvalue weighted by atomic mass is 10.2. The highest BCUT2D eigenvalue weighted by Crippen LogP contribution is 2.33. The summed E-state index contributed by atoms with van der Waals surface area (Å²) >= 11 is 0. The first-order valence-corrected chi connectivity index (χ1v) is 12.5. The van der Waals surface area contributed by atoms with E-state index >= 15 is 0 Å². The Morgan fingerprint density at radius 2 is 1.10 bits per heavy atom. The maximum absolute atomic E-state index is 11.4. The first kappa shape index (κ1) is 22.1. The van der Waals surface area contributed by atoms with Crippen LogP contribution in [0, 0.1) is 0 Å². The second-order valence-corrected chi connectivity index (χ2v) is 11.2. The summed E-state index contributed by atoms with van der Waals surface area (Å²) in [6.45, 7) is 0. The average Bonchev–Trinajstić information content (AvgIpc) is 2.68. The second-order valence-electron chi connectivity index (χ2n) is 6.13. The molecule has 3 aromatic carbocycles. The van der Waals surface area contributed by atoms with Crippen molar-refractivity contribution in [3.05, 3.63) is 78.4 Å². The minimum absolute atomic E-state index is 0.0594. The van der Waals surface area contributed by atoms with Gasteiger partial charge < -0.3 is 5.11 Å². The van der Waals surface area contributed by atoms with Gasteiger partial charge in [-0.3, -0.25) is 9.11 Å². The van der Waals surface area contributed by atoms with E-state index in [1.165, 1.54) is 60.7 Å². The third-order valence-corrected chi connectivity index (χ3v) is 8.30. The fraction of sp³-hybridized carbons (Fsp3) is 0. The number of benzene rings is 3. The van der Waals surface area contributed by atoms with E-state index in [0.29, 0.717) is 15.9 Å². The van der Waals surface area contributed by atoms with Gasteiger partial charge >= 0.3 is 5.97 Å². The molecule has 156 valence electrons. The van der Waals surface area contributed by atoms with E-state index < -0.39 is 34.1 Å². The molecule has 11 heteroatoms. The van der Waals surface area contributed by atoms with Gasteiger partial charge in [-0.1, -0.05) is 36.4 Å². The number of carboxylic acid groups (broad SMARTS) is 1. The molecule has 0 aliphatic heterocycles. The number of hydrogen-bond donors (Lipinski definition) is 3. The summed E-state index contributed by atoms with van der Waals surface area (Å²) in [6, 6.07) is 17.1. The molecule has 0 aliphatic carbocycles. The van der Waals surface area contributed by atoms with Crippen LogP contribution in [0.1, 0.15) is 10.4 Å². The van der Waals surface area contributed by atoms with Crippen LogP contribution in [-0.4, -0.2) is 37.0 Å². The van der Waals surface area contributed by atoms with Gasteiger partial charge in [0.05, 0.1) is 15.4 Å². The van der Waals surface area contributed by atoms with Gasteiger partial charge in [0.2, 0.25) is 0 Å². The maximum Gasteiger partial charge on any atom is 0.335 e. The molecule has 0 aliphatic rings. The first-order chi connectivity index (χ1) is 14.0. The number of hydrogen-bond acceptors (Lipinski definition) is 5. The summed E-state index contributed by atoms with van der Waals surface area (Å²) in [7, 11) is -10.2. The zero-order valence-electron chi connectivity index (χ0n) is 15.1. The molecule has 3 rings (SSSR count). The summed E-state index contributed by atoms with van der Waals surface area (Å²) < 4.78 is 63.7. The van der Waals surface area contributed by atoms with Gasteiger partial charge in [-0.15, -0.1) is 0 Å². The lowest BCUT2D eigenvalue weighted by molar-refractivity contribution is 0.0697. The van der Waals surface area contributed by atoms with Crippen LogP contribution in [0.4, 0.5) is 0 Å². The molecule has 0 saturated carbocycles. The topological polar surface area (TPSA) is 146 Å². The molecule has 0 spiro atoms. The Hall–Kier alpha value is -2.62. The number of aromatic carboxylic acids is 1. The van der Waals surface area contributed by atoms with Crippen molar-refractivity contribution >= 4 is 50.0 Å². The van der Waals surface area contributed by atoms with Crippen molar-refractivity contribution in [2.45, 2.75) is 9.79 Å². The summed E-state index contributed by atoms with van der Waals surface area (Å²) in [4.78, 5) is 10.8. The van der Waals surface area contributed by atoms with Crippen LogP contribution in [0.2, 0.25) is 0 Å². The van der Waals surface area contributed by atoms with Crippen molar-refractivity contribution in [2.24, 2.45) is 0 Å². The van der Waals surface area contributed by atoms with Gasteiger partial charge in [0.1, 0.15) is 0 Å². The zero-order valence-corrected chi connectivity index (χ0v) is 17.6. The third kappa shape index (κ3) is 4.92. The van der Waals surface area contributed by atoms with Crippen LogP contribution >= 0.6 is 7.92 Å². The summed E-state index contributed by atoms with van der Waals surface area (Å²) in [5.41, 5.74) is 0.0594. The van der Waals surface area contributed by atoms with E-state index in [2.05, 4.69) is 0 Å². The molecule has 3 N–H and O–H groups in total. The van der Waals surface area contributed by atoms with Crippen molar-refractivity contribution in [1.29, 1.82) is 0 Å². The van der Waals surface area contributed by atoms with Crippen molar-refractivity contribution in [3.63, 3.8) is 0 Å². The molecular weight excluding hydrogens is 451 g/mol. The minimum Gasteiger partial charge on any atom is -0.478 e. The molecule has 0 bridgehead atoms. The summed E-state index contributed by atoms with van der Waals surface area (Å²) in [6.07, 6.45) is 0. The predicted octanol–water partition coefficient (Wildman–Crippen LogP) is 1.64. The quantitative estimate of drug-likeness (QED) is 0.367. The Kier molecular flexibility index (Phi) is 6.07. The number of carboxylic acids is 1. The number of rotatable bonds is 6. The van der Waals surface area contributed by atoms with E-state index in [9.17, 15) is 35.8 Å². The fourth-order valence-corrected chi connectivity index (χ4v) is 6.01. The van der Waals surface area contributed by atoms with Crippen LogP contribution in [0.25, 0.3) is 0 Å². The van der Waals surface area contributed by atoms with Crippen LogP contribution in [-0.2, 0) is 20.2 Å². The maximum atomic E-state index is 11.4. The highest BCUT2D eigenvalue weighted by atomic mass is 32.2. The van der Waals surface area contributed by atoms with Crippen LogP contribution < -0.4 is 15.9 Å². The standard InChI is InChI=1S/C19H15O8PS2/c20-19(21)13-2-1-3-16(12-13)28(14-4-8-17(9-5-14)29(22,23)24)15-6-10-18(11-7-15)30(25,26)27/h1-12H,(H,20,21)(H,22,23,24)(H,25,26,27). The molecule has 0 aromatic heterocycles. The lowest BCUT2D eigenvalue weighted by Gasteiger charge is -2.20. The molecule has 0 radical (unpaired) electrons. The molecule has 0 fully saturated rings. The Balaban J connectivity index is 2.16. The molecule has 0 heterocycles. The molecular formula is C19H15O8PS2. The molecule has 8 nitrogen and oxygen atoms in total. The molecule has 0 amide bonds. The fourth-order valence-electron chi connectivity index (χ4n) is 2.76. The Labute approximate surface area is 174 Å². The molecule has 0 atom stereocenters. The van der Waals surface area contributed by atoms with Crippen LogP contribution in [0.5, 0.6) is 0 Å². The Morgan fingerprint density at radius 3 is 1.47 bits per heavy atom. The Bertz CT molecular complexity index is 1220.